The van der Waals surface area contributed by atoms with Gasteiger partial charge in [0.25, 0.3) is 5.91 Å². The number of rotatable bonds is 1. The zero-order chi connectivity index (χ0) is 19.0. The van der Waals surface area contributed by atoms with Crippen molar-refractivity contribution < 1.29 is 14.3 Å². The smallest absolute Gasteiger partial charge is 0.337 e. The van der Waals surface area contributed by atoms with Crippen LogP contribution < -0.4 is 5.32 Å². The Hall–Kier alpha value is -2.77. The van der Waals surface area contributed by atoms with Crippen molar-refractivity contribution >= 4 is 11.9 Å². The van der Waals surface area contributed by atoms with Crippen molar-refractivity contribution in [2.75, 3.05) is 7.11 Å². The van der Waals surface area contributed by atoms with Gasteiger partial charge in [-0.15, -0.1) is 5.10 Å². The highest BCUT2D eigenvalue weighted by atomic mass is 16.5. The molecule has 5 aliphatic rings. The molecule has 4 fully saturated rings. The summed E-state index contributed by atoms with van der Waals surface area (Å²) < 4.78 is 6.51. The Morgan fingerprint density at radius 2 is 1.89 bits per heavy atom. The van der Waals surface area contributed by atoms with E-state index in [2.05, 4.69) is 20.8 Å². The molecule has 4 aliphatic carbocycles. The van der Waals surface area contributed by atoms with E-state index < -0.39 is 11.5 Å². The largest absolute Gasteiger partial charge is 0.465 e. The quantitative estimate of drug-likeness (QED) is 0.759. The van der Waals surface area contributed by atoms with Crippen LogP contribution in [0.3, 0.4) is 0 Å². The van der Waals surface area contributed by atoms with E-state index in [-0.39, 0.29) is 5.91 Å². The number of nitrogens with zero attached hydrogens (tertiary/aromatic N) is 4. The van der Waals surface area contributed by atoms with Crippen LogP contribution in [0.4, 0.5) is 0 Å². The van der Waals surface area contributed by atoms with Crippen molar-refractivity contribution in [3.63, 3.8) is 0 Å². The van der Waals surface area contributed by atoms with Crippen molar-refractivity contribution in [3.8, 4) is 5.69 Å². The maximum Gasteiger partial charge on any atom is 0.337 e. The minimum atomic E-state index is -0.529. The van der Waals surface area contributed by atoms with Gasteiger partial charge in [0, 0.05) is 0 Å². The second kappa shape index (κ2) is 5.40. The number of benzene rings is 1. The number of esters is 1. The van der Waals surface area contributed by atoms with Crippen LogP contribution in [0.5, 0.6) is 0 Å². The number of carbonyl (C=O) groups excluding carboxylic acids is 2. The maximum absolute atomic E-state index is 13.3. The molecule has 0 radical (unpaired) electrons. The van der Waals surface area contributed by atoms with Crippen molar-refractivity contribution in [3.05, 3.63) is 35.2 Å². The summed E-state index contributed by atoms with van der Waals surface area (Å²) in [4.78, 5) is 25.3. The van der Waals surface area contributed by atoms with Gasteiger partial charge in [0.05, 0.1) is 23.9 Å². The SMILES string of the molecule is COC(=O)c1ccc2c(c1)-n1nnnc1C1(NC2=O)C2CC3CC(C2)CC1C3. The summed E-state index contributed by atoms with van der Waals surface area (Å²) >= 11 is 0. The standard InChI is InChI=1S/C20H21N5O3/c1-28-18(27)12-2-3-15-16(9-12)25-19(22-23-24-25)20(21-17(15)26)13-5-10-4-11(7-13)8-14(20)6-10/h2-3,9-11,13-14H,4-8H2,1H3,(H,21,26). The molecule has 1 aromatic heterocycles. The van der Waals surface area contributed by atoms with Crippen LogP contribution in [0.2, 0.25) is 0 Å². The molecule has 0 saturated heterocycles. The molecule has 28 heavy (non-hydrogen) atoms. The molecule has 2 heterocycles. The maximum atomic E-state index is 13.3. The van der Waals surface area contributed by atoms with E-state index in [1.54, 1.807) is 22.9 Å². The number of fused-ring (bicyclic) bond motifs is 3. The lowest BCUT2D eigenvalue weighted by atomic mass is 9.48. The van der Waals surface area contributed by atoms with E-state index in [1.807, 2.05) is 0 Å². The van der Waals surface area contributed by atoms with Crippen molar-refractivity contribution in [1.29, 1.82) is 0 Å². The number of tetrazole rings is 1. The second-order valence-corrected chi connectivity index (χ2v) is 8.77. The molecule has 2 aromatic rings. The van der Waals surface area contributed by atoms with Crippen molar-refractivity contribution in [1.82, 2.24) is 25.5 Å². The zero-order valence-electron chi connectivity index (χ0n) is 15.6. The first-order valence-electron chi connectivity index (χ1n) is 9.94. The molecule has 1 N–H and O–H groups in total. The molecule has 144 valence electrons. The number of hydrogen-bond donors (Lipinski definition) is 1. The molecule has 7 rings (SSSR count). The number of aromatic nitrogens is 4. The lowest BCUT2D eigenvalue weighted by Gasteiger charge is -2.60. The van der Waals surface area contributed by atoms with E-state index in [9.17, 15) is 9.59 Å². The third-order valence-electron chi connectivity index (χ3n) is 7.48. The number of ether oxygens (including phenoxy) is 1. The van der Waals surface area contributed by atoms with Crippen LogP contribution >= 0.6 is 0 Å². The first kappa shape index (κ1) is 16.2. The summed E-state index contributed by atoms with van der Waals surface area (Å²) in [6.45, 7) is 0. The molecule has 1 aromatic carbocycles. The molecule has 4 bridgehead atoms. The topological polar surface area (TPSA) is 99.0 Å². The first-order chi connectivity index (χ1) is 13.6. The summed E-state index contributed by atoms with van der Waals surface area (Å²) in [6, 6.07) is 4.93. The van der Waals surface area contributed by atoms with Gasteiger partial charge in [0.1, 0.15) is 5.54 Å². The van der Waals surface area contributed by atoms with E-state index in [0.29, 0.717) is 34.5 Å². The molecule has 8 nitrogen and oxygen atoms in total. The minimum absolute atomic E-state index is 0.133. The van der Waals surface area contributed by atoms with Gasteiger partial charge in [-0.1, -0.05) is 0 Å². The highest BCUT2D eigenvalue weighted by molar-refractivity contribution is 6.01. The van der Waals surface area contributed by atoms with Crippen LogP contribution in [-0.4, -0.2) is 39.2 Å². The first-order valence-corrected chi connectivity index (χ1v) is 9.94. The number of methoxy groups -OCH3 is 1. The van der Waals surface area contributed by atoms with Crippen LogP contribution in [0, 0.1) is 23.7 Å². The summed E-state index contributed by atoms with van der Waals surface area (Å²) in [6.07, 6.45) is 5.78. The third-order valence-corrected chi connectivity index (χ3v) is 7.48. The number of carbonyl (C=O) groups is 2. The summed E-state index contributed by atoms with van der Waals surface area (Å²) in [7, 11) is 1.34. The Morgan fingerprint density at radius 3 is 2.57 bits per heavy atom. The van der Waals surface area contributed by atoms with Crippen LogP contribution in [0.15, 0.2) is 18.2 Å². The highest BCUT2D eigenvalue weighted by Gasteiger charge is 2.61. The van der Waals surface area contributed by atoms with Crippen LogP contribution in [0.25, 0.3) is 5.69 Å². The minimum Gasteiger partial charge on any atom is -0.465 e. The van der Waals surface area contributed by atoms with Crippen molar-refractivity contribution in [2.45, 2.75) is 37.6 Å². The highest BCUT2D eigenvalue weighted by Crippen LogP contribution is 2.61. The van der Waals surface area contributed by atoms with Crippen LogP contribution in [-0.2, 0) is 10.3 Å². The van der Waals surface area contributed by atoms with E-state index in [1.165, 1.54) is 13.5 Å². The molecule has 8 heteroatoms. The zero-order valence-corrected chi connectivity index (χ0v) is 15.6. The van der Waals surface area contributed by atoms with E-state index >= 15 is 0 Å². The Balaban J connectivity index is 1.56. The molecule has 1 aliphatic heterocycles. The molecular weight excluding hydrogens is 358 g/mol. The van der Waals surface area contributed by atoms with E-state index in [0.717, 1.165) is 37.5 Å². The van der Waals surface area contributed by atoms with Gasteiger partial charge in [-0.3, -0.25) is 4.79 Å². The van der Waals surface area contributed by atoms with Crippen molar-refractivity contribution in [2.24, 2.45) is 23.7 Å². The lowest BCUT2D eigenvalue weighted by molar-refractivity contribution is -0.0775. The monoisotopic (exact) mass is 379 g/mol. The molecular formula is C20H21N5O3. The Bertz CT molecular complexity index is 985. The molecule has 0 unspecified atom stereocenters. The second-order valence-electron chi connectivity index (χ2n) is 8.77. The predicted molar refractivity (Wildman–Crippen MR) is 96.7 cm³/mol. The number of nitrogens with one attached hydrogen (secondary N) is 1. The molecule has 0 atom stereocenters. The Kier molecular flexibility index (Phi) is 3.12. The third kappa shape index (κ3) is 1.92. The average molecular weight is 379 g/mol. The fourth-order valence-electron chi connectivity index (χ4n) is 6.56. The summed E-state index contributed by atoms with van der Waals surface area (Å²) in [5.74, 6) is 2.34. The fourth-order valence-corrected chi connectivity index (χ4v) is 6.56. The summed E-state index contributed by atoms with van der Waals surface area (Å²) in [5.41, 5.74) is 0.854. The van der Waals surface area contributed by atoms with E-state index in [4.69, 9.17) is 4.74 Å². The predicted octanol–water partition coefficient (Wildman–Crippen LogP) is 1.84. The molecule has 1 amide bonds. The number of hydrogen-bond acceptors (Lipinski definition) is 6. The van der Waals surface area contributed by atoms with Gasteiger partial charge in [0.2, 0.25) is 0 Å². The van der Waals surface area contributed by atoms with Gasteiger partial charge in [-0.05, 0) is 84.4 Å². The average Bonchev–Trinajstić information content (AvgIpc) is 3.16. The van der Waals surface area contributed by atoms with Gasteiger partial charge in [-0.2, -0.15) is 4.68 Å². The van der Waals surface area contributed by atoms with Gasteiger partial charge >= 0.3 is 5.97 Å². The lowest BCUT2D eigenvalue weighted by Crippen LogP contribution is -2.64. The molecule has 1 spiro atoms. The number of amides is 1. The van der Waals surface area contributed by atoms with Gasteiger partial charge in [-0.25, -0.2) is 4.79 Å². The fraction of sp³-hybridized carbons (Fsp3) is 0.550. The Labute approximate surface area is 161 Å². The van der Waals surface area contributed by atoms with Crippen LogP contribution in [0.1, 0.15) is 58.6 Å². The molecule has 4 saturated carbocycles. The van der Waals surface area contributed by atoms with Gasteiger partial charge < -0.3 is 10.1 Å². The summed E-state index contributed by atoms with van der Waals surface area (Å²) in [5, 5.41) is 16.0. The normalized spacial score (nSPS) is 34.5. The Morgan fingerprint density at radius 1 is 1.18 bits per heavy atom. The van der Waals surface area contributed by atoms with Gasteiger partial charge in [0.15, 0.2) is 5.82 Å².